The van der Waals surface area contributed by atoms with Gasteiger partial charge >= 0.3 is 11.9 Å². The van der Waals surface area contributed by atoms with Crippen LogP contribution < -0.4 is 0 Å². The van der Waals surface area contributed by atoms with Crippen LogP contribution in [0.25, 0.3) is 0 Å². The Morgan fingerprint density at radius 1 is 0.735 bits per heavy atom. The maximum absolute atomic E-state index is 11.6. The van der Waals surface area contributed by atoms with Crippen LogP contribution in [-0.4, -0.2) is 23.7 Å². The Morgan fingerprint density at radius 3 is 1.53 bits per heavy atom. The number of hydrogen-bond donors (Lipinski definition) is 1. The normalized spacial score (nSPS) is 12.1. The second-order valence-corrected chi connectivity index (χ2v) is 9.72. The first-order valence-corrected chi connectivity index (χ1v) is 14.2. The lowest BCUT2D eigenvalue weighted by Gasteiger charge is -2.11. The number of ether oxygens (including phenoxy) is 1. The van der Waals surface area contributed by atoms with Crippen LogP contribution in [0.5, 0.6) is 0 Å². The summed E-state index contributed by atoms with van der Waals surface area (Å²) in [7, 11) is 0. The van der Waals surface area contributed by atoms with E-state index < -0.39 is 17.9 Å². The van der Waals surface area contributed by atoms with Gasteiger partial charge in [-0.05, 0) is 26.2 Å². The van der Waals surface area contributed by atoms with E-state index in [9.17, 15) is 14.7 Å². The van der Waals surface area contributed by atoms with Crippen molar-refractivity contribution in [3.05, 3.63) is 24.8 Å². The third-order valence-corrected chi connectivity index (χ3v) is 6.53. The monoisotopic (exact) mass is 478 g/mol. The molecule has 0 aliphatic rings. The van der Waals surface area contributed by atoms with Crippen molar-refractivity contribution in [2.75, 3.05) is 6.61 Å². The molecule has 0 rings (SSSR count). The highest BCUT2D eigenvalue weighted by Gasteiger charge is 2.21. The molecule has 0 aromatic carbocycles. The van der Waals surface area contributed by atoms with Crippen LogP contribution in [0.4, 0.5) is 0 Å². The topological polar surface area (TPSA) is 63.6 Å². The number of hydrogen-bond acceptors (Lipinski definition) is 3. The fraction of sp³-hybridized carbons (Fsp3) is 0.800. The summed E-state index contributed by atoms with van der Waals surface area (Å²) in [4.78, 5) is 22.9. The lowest BCUT2D eigenvalue weighted by Crippen LogP contribution is -2.19. The Balaban J connectivity index is 3.34. The molecule has 1 atom stereocenters. The lowest BCUT2D eigenvalue weighted by molar-refractivity contribution is -0.151. The highest BCUT2D eigenvalue weighted by molar-refractivity contribution is 5.78. The number of carbonyl (C=O) groups excluding carboxylic acids is 1. The second-order valence-electron chi connectivity index (χ2n) is 9.72. The van der Waals surface area contributed by atoms with Crippen LogP contribution in [-0.2, 0) is 14.3 Å². The Kier molecular flexibility index (Phi) is 24.8. The average molecular weight is 479 g/mol. The summed E-state index contributed by atoms with van der Waals surface area (Å²) in [6.45, 7) is 5.73. The summed E-state index contributed by atoms with van der Waals surface area (Å²) >= 11 is 0. The van der Waals surface area contributed by atoms with Crippen molar-refractivity contribution in [2.24, 2.45) is 5.92 Å². The first-order chi connectivity index (χ1) is 16.6. The third kappa shape index (κ3) is 23.6. The molecule has 0 aromatic heterocycles. The van der Waals surface area contributed by atoms with Crippen molar-refractivity contribution < 1.29 is 19.4 Å². The smallest absolute Gasteiger partial charge is 0.307 e. The molecule has 0 amide bonds. The van der Waals surface area contributed by atoms with E-state index in [2.05, 4.69) is 25.7 Å². The number of carbonyl (C=O) groups is 2. The van der Waals surface area contributed by atoms with Gasteiger partial charge in [-0.1, -0.05) is 134 Å². The van der Waals surface area contributed by atoms with Gasteiger partial charge in [0.25, 0.3) is 0 Å². The summed E-state index contributed by atoms with van der Waals surface area (Å²) in [5, 5.41) is 9.28. The molecule has 198 valence electrons. The first kappa shape index (κ1) is 32.4. The van der Waals surface area contributed by atoms with Gasteiger partial charge in [0.05, 0.1) is 12.3 Å². The summed E-state index contributed by atoms with van der Waals surface area (Å²) in [6, 6.07) is 0. The van der Waals surface area contributed by atoms with E-state index in [-0.39, 0.29) is 13.0 Å². The molecule has 0 radical (unpaired) electrons. The molecule has 0 fully saturated rings. The highest BCUT2D eigenvalue weighted by Crippen LogP contribution is 2.18. The van der Waals surface area contributed by atoms with Gasteiger partial charge in [0.1, 0.15) is 6.61 Å². The van der Waals surface area contributed by atoms with E-state index in [4.69, 9.17) is 4.74 Å². The number of rotatable bonds is 26. The largest absolute Gasteiger partial charge is 0.481 e. The molecular formula is C30H54O4. The molecule has 34 heavy (non-hydrogen) atoms. The zero-order valence-corrected chi connectivity index (χ0v) is 22.2. The van der Waals surface area contributed by atoms with E-state index in [0.717, 1.165) is 19.3 Å². The van der Waals surface area contributed by atoms with Crippen molar-refractivity contribution in [1.29, 1.82) is 0 Å². The molecule has 0 saturated heterocycles. The van der Waals surface area contributed by atoms with Crippen molar-refractivity contribution in [3.8, 4) is 0 Å². The number of carboxylic acid groups (broad SMARTS) is 1. The number of allylic oxidation sites excluding steroid dienone is 2. The van der Waals surface area contributed by atoms with Crippen molar-refractivity contribution >= 4 is 11.9 Å². The SMILES string of the molecule is C=CCOC(=O)CC(CCCCCCCCCCCCCCCCCCCC/C=C/C)C(=O)O. The predicted octanol–water partition coefficient (Wildman–Crippen LogP) is 9.18. The van der Waals surface area contributed by atoms with Crippen molar-refractivity contribution in [3.63, 3.8) is 0 Å². The zero-order chi connectivity index (χ0) is 25.1. The standard InChI is InChI=1S/C30H54O4/c1-3-5-6-7-8-9-10-11-12-13-14-15-16-17-18-19-20-21-22-23-24-25-28(30(32)33)27-29(31)34-26-4-2/h3-5,28H,2,6-27H2,1H3,(H,32,33)/b5-3+. The van der Waals surface area contributed by atoms with E-state index in [1.807, 2.05) is 0 Å². The van der Waals surface area contributed by atoms with Crippen molar-refractivity contribution in [1.82, 2.24) is 0 Å². The van der Waals surface area contributed by atoms with E-state index in [0.29, 0.717) is 6.42 Å². The summed E-state index contributed by atoms with van der Waals surface area (Å²) in [5.41, 5.74) is 0. The van der Waals surface area contributed by atoms with Crippen LogP contribution in [0, 0.1) is 5.92 Å². The maximum Gasteiger partial charge on any atom is 0.307 e. The molecule has 1 unspecified atom stereocenters. The minimum absolute atomic E-state index is 0.0411. The maximum atomic E-state index is 11.6. The van der Waals surface area contributed by atoms with Gasteiger partial charge in [-0.15, -0.1) is 0 Å². The van der Waals surface area contributed by atoms with Gasteiger partial charge in [0, 0.05) is 0 Å². The minimum Gasteiger partial charge on any atom is -0.481 e. The van der Waals surface area contributed by atoms with Crippen LogP contribution in [0.3, 0.4) is 0 Å². The molecule has 0 spiro atoms. The van der Waals surface area contributed by atoms with E-state index in [1.54, 1.807) is 0 Å². The number of unbranched alkanes of at least 4 members (excludes halogenated alkanes) is 18. The fourth-order valence-corrected chi connectivity index (χ4v) is 4.37. The molecule has 0 bridgehead atoms. The van der Waals surface area contributed by atoms with Gasteiger partial charge < -0.3 is 9.84 Å². The number of aliphatic carboxylic acids is 1. The minimum atomic E-state index is -0.901. The molecule has 4 heteroatoms. The molecule has 0 saturated carbocycles. The van der Waals surface area contributed by atoms with Gasteiger partial charge in [-0.3, -0.25) is 9.59 Å². The summed E-state index contributed by atoms with van der Waals surface area (Å²) in [5.74, 6) is -1.98. The molecule has 0 aliphatic carbocycles. The molecule has 1 N–H and O–H groups in total. The Hall–Kier alpha value is -1.58. The predicted molar refractivity (Wildman–Crippen MR) is 144 cm³/mol. The Labute approximate surface area is 210 Å². The number of esters is 1. The summed E-state index contributed by atoms with van der Waals surface area (Å²) in [6.07, 6.45) is 31.3. The first-order valence-electron chi connectivity index (χ1n) is 14.2. The van der Waals surface area contributed by atoms with Gasteiger partial charge in [-0.2, -0.15) is 0 Å². The van der Waals surface area contributed by atoms with Gasteiger partial charge in [0.15, 0.2) is 0 Å². The van der Waals surface area contributed by atoms with Gasteiger partial charge in [-0.25, -0.2) is 0 Å². The molecular weight excluding hydrogens is 424 g/mol. The third-order valence-electron chi connectivity index (χ3n) is 6.53. The van der Waals surface area contributed by atoms with Gasteiger partial charge in [0.2, 0.25) is 0 Å². The zero-order valence-electron chi connectivity index (χ0n) is 22.2. The summed E-state index contributed by atoms with van der Waals surface area (Å²) < 4.78 is 4.90. The molecule has 0 aliphatic heterocycles. The molecule has 4 nitrogen and oxygen atoms in total. The quantitative estimate of drug-likeness (QED) is 0.0764. The second kappa shape index (κ2) is 26.0. The van der Waals surface area contributed by atoms with Crippen molar-refractivity contribution in [2.45, 2.75) is 142 Å². The van der Waals surface area contributed by atoms with Crippen LogP contribution >= 0.6 is 0 Å². The molecule has 0 heterocycles. The lowest BCUT2D eigenvalue weighted by atomic mass is 9.97. The highest BCUT2D eigenvalue weighted by atomic mass is 16.5. The van der Waals surface area contributed by atoms with E-state index >= 15 is 0 Å². The average Bonchev–Trinajstić information content (AvgIpc) is 2.82. The van der Waals surface area contributed by atoms with Crippen LogP contribution in [0.15, 0.2) is 24.8 Å². The Bertz CT molecular complexity index is 512. The Morgan fingerprint density at radius 2 is 1.15 bits per heavy atom. The van der Waals surface area contributed by atoms with E-state index in [1.165, 1.54) is 109 Å². The molecule has 0 aromatic rings. The number of carboxylic acids is 1. The van der Waals surface area contributed by atoms with Crippen LogP contribution in [0.1, 0.15) is 142 Å². The van der Waals surface area contributed by atoms with Crippen LogP contribution in [0.2, 0.25) is 0 Å². The fourth-order valence-electron chi connectivity index (χ4n) is 4.37.